The molecule has 5 nitrogen and oxygen atoms in total. The Kier molecular flexibility index (Phi) is 3.62. The second-order valence-electron chi connectivity index (χ2n) is 4.47. The molecule has 96 valence electrons. The van der Waals surface area contributed by atoms with Crippen molar-refractivity contribution in [1.29, 1.82) is 0 Å². The van der Waals surface area contributed by atoms with Gasteiger partial charge in [-0.15, -0.1) is 0 Å². The van der Waals surface area contributed by atoms with Crippen LogP contribution in [-0.2, 0) is 4.79 Å². The predicted octanol–water partition coefficient (Wildman–Crippen LogP) is 1.38. The molecule has 1 amide bonds. The van der Waals surface area contributed by atoms with Gasteiger partial charge in [0.1, 0.15) is 0 Å². The molecule has 1 aromatic rings. The van der Waals surface area contributed by atoms with Crippen molar-refractivity contribution in [2.75, 3.05) is 11.9 Å². The molecule has 0 aromatic heterocycles. The van der Waals surface area contributed by atoms with Gasteiger partial charge in [-0.3, -0.25) is 4.79 Å². The van der Waals surface area contributed by atoms with E-state index in [0.29, 0.717) is 5.69 Å². The topological polar surface area (TPSA) is 78.4 Å². The van der Waals surface area contributed by atoms with Crippen LogP contribution in [0.5, 0.6) is 0 Å². The summed E-state index contributed by atoms with van der Waals surface area (Å²) < 4.78 is 0. The van der Waals surface area contributed by atoms with E-state index in [2.05, 4.69) is 10.6 Å². The Labute approximate surface area is 105 Å². The highest BCUT2D eigenvalue weighted by Crippen LogP contribution is 2.18. The van der Waals surface area contributed by atoms with E-state index >= 15 is 0 Å². The third-order valence-electron chi connectivity index (χ3n) is 3.11. The molecule has 0 spiro atoms. The maximum atomic E-state index is 11.9. The van der Waals surface area contributed by atoms with Gasteiger partial charge >= 0.3 is 5.97 Å². The molecule has 1 aromatic carbocycles. The largest absolute Gasteiger partial charge is 0.478 e. The van der Waals surface area contributed by atoms with Crippen LogP contribution >= 0.6 is 0 Å². The Balaban J connectivity index is 2.09. The number of rotatable bonds is 3. The minimum atomic E-state index is -0.964. The summed E-state index contributed by atoms with van der Waals surface area (Å²) in [6.07, 6.45) is 1.85. The van der Waals surface area contributed by atoms with Crippen LogP contribution in [0.15, 0.2) is 18.2 Å². The lowest BCUT2D eigenvalue weighted by atomic mass is 10.1. The lowest BCUT2D eigenvalue weighted by molar-refractivity contribution is -0.117. The highest BCUT2D eigenvalue weighted by Gasteiger charge is 2.22. The normalized spacial score (nSPS) is 18.6. The molecular formula is C13H16N2O3. The summed E-state index contributed by atoms with van der Waals surface area (Å²) in [6.45, 7) is 2.65. The zero-order valence-electron chi connectivity index (χ0n) is 10.2. The number of benzene rings is 1. The van der Waals surface area contributed by atoms with E-state index in [1.54, 1.807) is 19.1 Å². The minimum absolute atomic E-state index is 0.0568. The molecule has 1 aliphatic rings. The first-order valence-corrected chi connectivity index (χ1v) is 5.96. The average molecular weight is 248 g/mol. The monoisotopic (exact) mass is 248 g/mol. The van der Waals surface area contributed by atoms with Crippen LogP contribution in [0.3, 0.4) is 0 Å². The van der Waals surface area contributed by atoms with Crippen LogP contribution < -0.4 is 10.6 Å². The predicted molar refractivity (Wildman–Crippen MR) is 67.8 cm³/mol. The summed E-state index contributed by atoms with van der Waals surface area (Å²) in [5.41, 5.74) is 1.64. The maximum absolute atomic E-state index is 11.9. The van der Waals surface area contributed by atoms with Crippen molar-refractivity contribution in [3.63, 3.8) is 0 Å². The Hall–Kier alpha value is -1.88. The quantitative estimate of drug-likeness (QED) is 0.755. The molecule has 3 N–H and O–H groups in total. The molecule has 0 bridgehead atoms. The fourth-order valence-corrected chi connectivity index (χ4v) is 2.07. The number of anilines is 1. The number of aryl methyl sites for hydroxylation is 1. The Bertz CT molecular complexity index is 479. The molecule has 5 heteroatoms. The summed E-state index contributed by atoms with van der Waals surface area (Å²) in [5, 5.41) is 14.8. The molecule has 1 fully saturated rings. The van der Waals surface area contributed by atoms with E-state index < -0.39 is 5.97 Å². The molecule has 0 unspecified atom stereocenters. The second kappa shape index (κ2) is 5.18. The molecule has 0 radical (unpaired) electrons. The van der Waals surface area contributed by atoms with E-state index in [4.69, 9.17) is 5.11 Å². The molecule has 1 heterocycles. The van der Waals surface area contributed by atoms with Crippen molar-refractivity contribution in [1.82, 2.24) is 5.32 Å². The van der Waals surface area contributed by atoms with E-state index in [9.17, 15) is 9.59 Å². The highest BCUT2D eigenvalue weighted by atomic mass is 16.4. The zero-order valence-corrected chi connectivity index (χ0v) is 10.2. The number of carbonyl (C=O) groups is 2. The number of hydrogen-bond acceptors (Lipinski definition) is 3. The Morgan fingerprint density at radius 1 is 1.44 bits per heavy atom. The Morgan fingerprint density at radius 3 is 2.78 bits per heavy atom. The fourth-order valence-electron chi connectivity index (χ4n) is 2.07. The van der Waals surface area contributed by atoms with Gasteiger partial charge in [0.25, 0.3) is 0 Å². The second-order valence-corrected chi connectivity index (χ2v) is 4.47. The van der Waals surface area contributed by atoms with Gasteiger partial charge < -0.3 is 15.7 Å². The number of amides is 1. The number of carboxylic acid groups (broad SMARTS) is 1. The third-order valence-corrected chi connectivity index (χ3v) is 3.11. The van der Waals surface area contributed by atoms with Crippen LogP contribution in [0.2, 0.25) is 0 Å². The summed E-state index contributed by atoms with van der Waals surface area (Å²) >= 11 is 0. The van der Waals surface area contributed by atoms with E-state index in [-0.39, 0.29) is 17.5 Å². The summed E-state index contributed by atoms with van der Waals surface area (Å²) in [7, 11) is 0. The van der Waals surface area contributed by atoms with Gasteiger partial charge in [0.15, 0.2) is 0 Å². The van der Waals surface area contributed by atoms with Crippen LogP contribution in [0.25, 0.3) is 0 Å². The van der Waals surface area contributed by atoms with Gasteiger partial charge in [0, 0.05) is 5.69 Å². The van der Waals surface area contributed by atoms with Crippen molar-refractivity contribution in [3.05, 3.63) is 29.3 Å². The highest BCUT2D eigenvalue weighted by molar-refractivity contribution is 5.96. The van der Waals surface area contributed by atoms with Crippen molar-refractivity contribution < 1.29 is 14.7 Å². The summed E-state index contributed by atoms with van der Waals surface area (Å²) in [4.78, 5) is 22.7. The van der Waals surface area contributed by atoms with Crippen molar-refractivity contribution in [3.8, 4) is 0 Å². The smallest absolute Gasteiger partial charge is 0.335 e. The molecule has 0 saturated carbocycles. The zero-order chi connectivity index (χ0) is 13.1. The van der Waals surface area contributed by atoms with Gasteiger partial charge in [0.05, 0.1) is 11.6 Å². The van der Waals surface area contributed by atoms with E-state index in [0.717, 1.165) is 24.9 Å². The number of carbonyl (C=O) groups excluding carboxylic acids is 1. The fraction of sp³-hybridized carbons (Fsp3) is 0.385. The Morgan fingerprint density at radius 2 is 2.22 bits per heavy atom. The molecule has 2 rings (SSSR count). The first kappa shape index (κ1) is 12.6. The number of carboxylic acids is 1. The number of hydrogen-bond donors (Lipinski definition) is 3. The van der Waals surface area contributed by atoms with Crippen molar-refractivity contribution >= 4 is 17.6 Å². The third kappa shape index (κ3) is 2.68. The van der Waals surface area contributed by atoms with Crippen LogP contribution in [0.4, 0.5) is 5.69 Å². The van der Waals surface area contributed by atoms with Crippen molar-refractivity contribution in [2.24, 2.45) is 0 Å². The van der Waals surface area contributed by atoms with Gasteiger partial charge in [-0.1, -0.05) is 0 Å². The standard InChI is InChI=1S/C13H16N2O3/c1-8-7-9(13(17)18)4-5-10(8)15-12(16)11-3-2-6-14-11/h4-5,7,11,14H,2-3,6H2,1H3,(H,15,16)(H,17,18)/t11-/m0/s1. The van der Waals surface area contributed by atoms with Gasteiger partial charge in [-0.2, -0.15) is 0 Å². The number of nitrogens with one attached hydrogen (secondary N) is 2. The van der Waals surface area contributed by atoms with Gasteiger partial charge in [-0.25, -0.2) is 4.79 Å². The van der Waals surface area contributed by atoms with E-state index in [1.807, 2.05) is 0 Å². The van der Waals surface area contributed by atoms with Gasteiger partial charge in [-0.05, 0) is 50.1 Å². The van der Waals surface area contributed by atoms with Crippen LogP contribution in [-0.4, -0.2) is 29.6 Å². The molecule has 1 saturated heterocycles. The molecule has 1 atom stereocenters. The number of aromatic carboxylic acids is 1. The molecule has 18 heavy (non-hydrogen) atoms. The maximum Gasteiger partial charge on any atom is 0.335 e. The summed E-state index contributed by atoms with van der Waals surface area (Å²) in [6, 6.07) is 4.54. The minimum Gasteiger partial charge on any atom is -0.478 e. The first-order chi connectivity index (χ1) is 8.58. The summed E-state index contributed by atoms with van der Waals surface area (Å²) in [5.74, 6) is -1.02. The molecule has 1 aliphatic heterocycles. The first-order valence-electron chi connectivity index (χ1n) is 5.96. The van der Waals surface area contributed by atoms with E-state index in [1.165, 1.54) is 6.07 Å². The van der Waals surface area contributed by atoms with Crippen LogP contribution in [0.1, 0.15) is 28.8 Å². The van der Waals surface area contributed by atoms with Crippen LogP contribution in [0, 0.1) is 6.92 Å². The lowest BCUT2D eigenvalue weighted by Gasteiger charge is -2.13. The molecular weight excluding hydrogens is 232 g/mol. The average Bonchev–Trinajstić information content (AvgIpc) is 2.85. The SMILES string of the molecule is Cc1cc(C(=O)O)ccc1NC(=O)[C@@H]1CCCN1. The van der Waals surface area contributed by atoms with Gasteiger partial charge in [0.2, 0.25) is 5.91 Å². The molecule has 0 aliphatic carbocycles. The van der Waals surface area contributed by atoms with Crippen molar-refractivity contribution in [2.45, 2.75) is 25.8 Å². The lowest BCUT2D eigenvalue weighted by Crippen LogP contribution is -2.35.